The van der Waals surface area contributed by atoms with Crippen molar-refractivity contribution in [1.82, 2.24) is 14.9 Å². The number of carboxylic acids is 2. The van der Waals surface area contributed by atoms with E-state index in [1.807, 2.05) is 0 Å². The van der Waals surface area contributed by atoms with Crippen molar-refractivity contribution >= 4 is 17.9 Å². The third-order valence-electron chi connectivity index (χ3n) is 9.28. The van der Waals surface area contributed by atoms with Crippen LogP contribution < -0.4 is 4.90 Å². The van der Waals surface area contributed by atoms with Crippen LogP contribution in [0.1, 0.15) is 50.7 Å². The van der Waals surface area contributed by atoms with Gasteiger partial charge in [0.1, 0.15) is 0 Å². The van der Waals surface area contributed by atoms with Crippen LogP contribution in [0.5, 0.6) is 0 Å². The van der Waals surface area contributed by atoms with Gasteiger partial charge in [-0.2, -0.15) is 0 Å². The zero-order chi connectivity index (χ0) is 27.8. The molecular weight excluding hydrogens is 503 g/mol. The number of fused-ring (bicyclic) bond motifs is 3. The minimum absolute atomic E-state index is 0.0797. The highest BCUT2D eigenvalue weighted by Crippen LogP contribution is 2.70. The van der Waals surface area contributed by atoms with Crippen LogP contribution in [-0.2, 0) is 26.5 Å². The zero-order valence-electron chi connectivity index (χ0n) is 22.3. The van der Waals surface area contributed by atoms with E-state index in [1.165, 1.54) is 36.4 Å². The summed E-state index contributed by atoms with van der Waals surface area (Å²) in [5.41, 5.74) is 3.34. The second kappa shape index (κ2) is 10.3. The van der Waals surface area contributed by atoms with E-state index in [1.54, 1.807) is 0 Å². The number of nitrogens with zero attached hydrogens (tertiary/aromatic N) is 4. The second-order valence-electron chi connectivity index (χ2n) is 11.7. The first-order valence-electron chi connectivity index (χ1n) is 13.4. The second-order valence-corrected chi connectivity index (χ2v) is 11.7. The molecule has 2 aromatic rings. The van der Waals surface area contributed by atoms with Crippen LogP contribution in [0, 0.1) is 16.6 Å². The SMILES string of the molecule is C[C@@]12C[C@H](N3CCN(c4ncc(F)cn4)CC3)C[C@]1(C)C[C@@]1(C2)OCc2ccccc21.O=C(O)/C=C\C(=O)O. The number of aromatic nitrogens is 2. The predicted octanol–water partition coefficient (Wildman–Crippen LogP) is 3.84. The average Bonchev–Trinajstić information content (AvgIpc) is 3.45. The molecule has 3 heterocycles. The van der Waals surface area contributed by atoms with Crippen molar-refractivity contribution in [1.29, 1.82) is 0 Å². The monoisotopic (exact) mass is 538 g/mol. The molecule has 2 N–H and O–H groups in total. The van der Waals surface area contributed by atoms with E-state index in [-0.39, 0.29) is 11.4 Å². The Morgan fingerprint density at radius 3 is 2.10 bits per heavy atom. The predicted molar refractivity (Wildman–Crippen MR) is 142 cm³/mol. The first-order valence-corrected chi connectivity index (χ1v) is 13.4. The summed E-state index contributed by atoms with van der Waals surface area (Å²) in [6.07, 6.45) is 8.38. The van der Waals surface area contributed by atoms with E-state index in [9.17, 15) is 14.0 Å². The van der Waals surface area contributed by atoms with E-state index in [0.717, 1.165) is 45.6 Å². The van der Waals surface area contributed by atoms with E-state index < -0.39 is 11.9 Å². The fraction of sp³-hybridized carbons (Fsp3) is 0.517. The summed E-state index contributed by atoms with van der Waals surface area (Å²) in [6, 6.07) is 9.45. The number of aliphatic carboxylic acids is 2. The van der Waals surface area contributed by atoms with Gasteiger partial charge in [0.25, 0.3) is 0 Å². The molecule has 2 aliphatic carbocycles. The van der Waals surface area contributed by atoms with E-state index in [4.69, 9.17) is 14.9 Å². The fourth-order valence-electron chi connectivity index (χ4n) is 7.33. The molecule has 1 spiro atoms. The highest BCUT2D eigenvalue weighted by molar-refractivity contribution is 5.89. The number of carboxylic acid groups (broad SMARTS) is 2. The Bertz CT molecular complexity index is 1230. The summed E-state index contributed by atoms with van der Waals surface area (Å²) in [5.74, 6) is -2.25. The highest BCUT2D eigenvalue weighted by atomic mass is 19.1. The van der Waals surface area contributed by atoms with Gasteiger partial charge in [0.15, 0.2) is 5.82 Å². The summed E-state index contributed by atoms with van der Waals surface area (Å²) in [5, 5.41) is 15.6. The van der Waals surface area contributed by atoms with Crippen LogP contribution in [0.4, 0.5) is 10.3 Å². The van der Waals surface area contributed by atoms with Crippen molar-refractivity contribution in [3.8, 4) is 0 Å². The van der Waals surface area contributed by atoms with Crippen LogP contribution in [0.25, 0.3) is 0 Å². The molecule has 6 rings (SSSR count). The van der Waals surface area contributed by atoms with Crippen molar-refractivity contribution in [2.45, 2.75) is 57.8 Å². The molecule has 0 radical (unpaired) electrons. The quantitative estimate of drug-likeness (QED) is 0.560. The van der Waals surface area contributed by atoms with Gasteiger partial charge >= 0.3 is 11.9 Å². The molecule has 0 unspecified atom stereocenters. The van der Waals surface area contributed by atoms with Crippen molar-refractivity contribution in [2.75, 3.05) is 31.1 Å². The Labute approximate surface area is 227 Å². The Balaban J connectivity index is 0.000000339. The number of benzene rings is 1. The summed E-state index contributed by atoms with van der Waals surface area (Å²) in [7, 11) is 0. The molecule has 1 aromatic heterocycles. The maximum absolute atomic E-state index is 13.1. The van der Waals surface area contributed by atoms with Gasteiger partial charge in [-0.05, 0) is 47.6 Å². The third-order valence-corrected chi connectivity index (χ3v) is 9.28. The molecular formula is C29H35FN4O5. The van der Waals surface area contributed by atoms with Gasteiger partial charge in [-0.1, -0.05) is 38.1 Å². The maximum atomic E-state index is 13.1. The van der Waals surface area contributed by atoms with Gasteiger partial charge in [0.2, 0.25) is 5.95 Å². The maximum Gasteiger partial charge on any atom is 0.328 e. The minimum Gasteiger partial charge on any atom is -0.478 e. The van der Waals surface area contributed by atoms with E-state index >= 15 is 0 Å². The Morgan fingerprint density at radius 2 is 1.54 bits per heavy atom. The van der Waals surface area contributed by atoms with Gasteiger partial charge in [-0.25, -0.2) is 23.9 Å². The first-order chi connectivity index (χ1) is 18.5. The molecule has 4 atom stereocenters. The van der Waals surface area contributed by atoms with E-state index in [0.29, 0.717) is 35.0 Å². The third kappa shape index (κ3) is 5.27. The number of hydrogen-bond donors (Lipinski definition) is 2. The Hall–Kier alpha value is -3.37. The van der Waals surface area contributed by atoms with E-state index in [2.05, 4.69) is 57.9 Å². The van der Waals surface area contributed by atoms with Crippen LogP contribution in [0.3, 0.4) is 0 Å². The standard InChI is InChI=1S/C25H31FN4O.C4H4O4/c1-23-11-20(29-7-9-30(10-8-29)22-27-13-19(26)14-28-22)12-24(23,2)17-25(16-23)21-6-4-3-5-18(21)15-31-25;5-3(6)1-2-4(7)8/h3-6,13-14,20H,7-12,15-17H2,1-2H3;1-2H,(H,5,6)(H,7,8)/b;2-1-/t20-,23-,24+,25+;. The number of anilines is 1. The summed E-state index contributed by atoms with van der Waals surface area (Å²) < 4.78 is 19.7. The van der Waals surface area contributed by atoms with Crippen molar-refractivity contribution in [2.24, 2.45) is 10.8 Å². The smallest absolute Gasteiger partial charge is 0.328 e. The molecule has 208 valence electrons. The normalized spacial score (nSPS) is 31.7. The molecule has 1 saturated heterocycles. The largest absolute Gasteiger partial charge is 0.478 e. The summed E-state index contributed by atoms with van der Waals surface area (Å²) >= 11 is 0. The van der Waals surface area contributed by atoms with Gasteiger partial charge < -0.3 is 19.8 Å². The molecule has 0 amide bonds. The van der Waals surface area contributed by atoms with Crippen LogP contribution in [-0.4, -0.2) is 69.2 Å². The molecule has 2 aliphatic heterocycles. The lowest BCUT2D eigenvalue weighted by atomic mass is 9.71. The lowest BCUT2D eigenvalue weighted by molar-refractivity contribution is -0.134. The van der Waals surface area contributed by atoms with Gasteiger partial charge in [-0.15, -0.1) is 0 Å². The molecule has 0 bridgehead atoms. The molecule has 10 heteroatoms. The topological polar surface area (TPSA) is 116 Å². The van der Waals surface area contributed by atoms with Crippen LogP contribution >= 0.6 is 0 Å². The molecule has 1 aromatic carbocycles. The van der Waals surface area contributed by atoms with Crippen molar-refractivity contribution in [3.63, 3.8) is 0 Å². The van der Waals surface area contributed by atoms with Gasteiger partial charge in [0.05, 0.1) is 24.6 Å². The Kier molecular flexibility index (Phi) is 7.19. The number of halogens is 1. The highest BCUT2D eigenvalue weighted by Gasteiger charge is 2.65. The molecule has 39 heavy (non-hydrogen) atoms. The molecule has 3 fully saturated rings. The van der Waals surface area contributed by atoms with Gasteiger partial charge in [0, 0.05) is 44.4 Å². The number of piperazine rings is 1. The lowest BCUT2D eigenvalue weighted by Crippen LogP contribution is -2.50. The summed E-state index contributed by atoms with van der Waals surface area (Å²) in [6.45, 7) is 9.61. The van der Waals surface area contributed by atoms with Crippen LogP contribution in [0.15, 0.2) is 48.8 Å². The van der Waals surface area contributed by atoms with Crippen LogP contribution in [0.2, 0.25) is 0 Å². The summed E-state index contributed by atoms with van der Waals surface area (Å²) in [4.78, 5) is 32.3. The average molecular weight is 539 g/mol. The molecule has 4 aliphatic rings. The fourth-order valence-corrected chi connectivity index (χ4v) is 7.33. The minimum atomic E-state index is -1.26. The Morgan fingerprint density at radius 1 is 0.974 bits per heavy atom. The van der Waals surface area contributed by atoms with Crippen molar-refractivity contribution < 1.29 is 28.9 Å². The first kappa shape index (κ1) is 27.2. The number of carbonyl (C=O) groups is 2. The van der Waals surface area contributed by atoms with Crippen molar-refractivity contribution in [3.05, 3.63) is 65.8 Å². The number of hydrogen-bond acceptors (Lipinski definition) is 7. The zero-order valence-corrected chi connectivity index (χ0v) is 22.3. The lowest BCUT2D eigenvalue weighted by Gasteiger charge is -2.39. The molecule has 2 saturated carbocycles. The number of rotatable bonds is 4. The number of ether oxygens (including phenoxy) is 1. The molecule has 9 nitrogen and oxygen atoms in total. The van der Waals surface area contributed by atoms with Gasteiger partial charge in [-0.3, -0.25) is 4.90 Å².